The quantitative estimate of drug-likeness (QED) is 0.150. The van der Waals surface area contributed by atoms with Crippen LogP contribution in [-0.4, -0.2) is 58.8 Å². The summed E-state index contributed by atoms with van der Waals surface area (Å²) in [5, 5.41) is 29.1. The van der Waals surface area contributed by atoms with Crippen LogP contribution in [0.5, 0.6) is 0 Å². The zero-order chi connectivity index (χ0) is 23.4. The Morgan fingerprint density at radius 1 is 0.677 bits per heavy atom. The number of hydrogen-bond donors (Lipinski definition) is 2. The van der Waals surface area contributed by atoms with Crippen molar-refractivity contribution in [2.75, 3.05) is 26.2 Å². The van der Waals surface area contributed by atoms with Gasteiger partial charge in [0.15, 0.2) is 0 Å². The van der Waals surface area contributed by atoms with Gasteiger partial charge in [0.1, 0.15) is 0 Å². The maximum absolute atomic E-state index is 11.1. The van der Waals surface area contributed by atoms with Crippen LogP contribution < -0.4 is 5.11 Å². The summed E-state index contributed by atoms with van der Waals surface area (Å²) in [6, 6.07) is 0. The molecule has 0 atom stereocenters. The summed E-state index contributed by atoms with van der Waals surface area (Å²) in [7, 11) is 0. The molecule has 0 radical (unpaired) electrons. The second-order valence-electron chi connectivity index (χ2n) is 8.54. The molecule has 0 fully saturated rings. The van der Waals surface area contributed by atoms with Crippen molar-refractivity contribution in [1.82, 2.24) is 0 Å². The van der Waals surface area contributed by atoms with Gasteiger partial charge in [0.25, 0.3) is 0 Å². The molecule has 0 rings (SSSR count). The summed E-state index contributed by atoms with van der Waals surface area (Å²) in [6.45, 7) is 3.39. The number of carbonyl (C=O) groups excluding carboxylic acids is 1. The molecule has 0 unspecified atom stereocenters. The molecular weight excluding hydrogens is 398 g/mol. The van der Waals surface area contributed by atoms with Crippen LogP contribution in [-0.2, 0) is 14.4 Å². The Morgan fingerprint density at radius 3 is 1.52 bits per heavy atom. The van der Waals surface area contributed by atoms with Crippen LogP contribution >= 0.6 is 0 Å². The fourth-order valence-electron chi connectivity index (χ4n) is 3.96. The number of hydrogen-bond acceptors (Lipinski definition) is 4. The van der Waals surface area contributed by atoms with E-state index in [0.29, 0.717) is 6.54 Å². The fourth-order valence-corrected chi connectivity index (χ4v) is 3.96. The van der Waals surface area contributed by atoms with Crippen molar-refractivity contribution in [1.29, 1.82) is 0 Å². The number of quaternary nitrogens is 1. The van der Waals surface area contributed by atoms with E-state index in [1.54, 1.807) is 0 Å². The predicted octanol–water partition coefficient (Wildman–Crippen LogP) is 3.76. The van der Waals surface area contributed by atoms with Gasteiger partial charge < -0.3 is 24.6 Å². The molecule has 7 nitrogen and oxygen atoms in total. The number of carbonyl (C=O) groups is 3. The third-order valence-electron chi connectivity index (χ3n) is 5.88. The first kappa shape index (κ1) is 29.1. The highest BCUT2D eigenvalue weighted by molar-refractivity contribution is 5.67. The molecular formula is C24H43NO6. The fraction of sp³-hybridized carbons (Fsp3) is 0.792. The number of unbranched alkanes of at least 4 members (excludes halogenated alkanes) is 10. The van der Waals surface area contributed by atoms with Crippen molar-refractivity contribution in [2.45, 2.75) is 96.8 Å². The molecule has 2 N–H and O–H groups in total. The molecule has 0 spiro atoms. The molecule has 0 amide bonds. The molecule has 0 aromatic carbocycles. The van der Waals surface area contributed by atoms with E-state index < -0.39 is 17.9 Å². The van der Waals surface area contributed by atoms with Crippen LogP contribution in [0.15, 0.2) is 12.2 Å². The minimum absolute atomic E-state index is 0.0958. The van der Waals surface area contributed by atoms with Gasteiger partial charge in [-0.15, -0.1) is 0 Å². The van der Waals surface area contributed by atoms with Crippen molar-refractivity contribution in [2.24, 2.45) is 0 Å². The van der Waals surface area contributed by atoms with Gasteiger partial charge in [-0.2, -0.15) is 0 Å². The van der Waals surface area contributed by atoms with Gasteiger partial charge >= 0.3 is 11.9 Å². The van der Waals surface area contributed by atoms with Crippen molar-refractivity contribution in [3.63, 3.8) is 0 Å². The van der Waals surface area contributed by atoms with Crippen LogP contribution in [0, 0.1) is 0 Å². The van der Waals surface area contributed by atoms with Crippen molar-refractivity contribution >= 4 is 17.9 Å². The number of carboxylic acid groups (broad SMARTS) is 3. The molecule has 7 heteroatoms. The molecule has 0 aliphatic heterocycles. The van der Waals surface area contributed by atoms with E-state index in [-0.39, 0.29) is 43.4 Å². The maximum Gasteiger partial charge on any atom is 0.309 e. The average Bonchev–Trinajstić information content (AvgIpc) is 2.72. The molecule has 0 heterocycles. The lowest BCUT2D eigenvalue weighted by atomic mass is 10.0. The molecule has 0 aromatic heterocycles. The average molecular weight is 442 g/mol. The van der Waals surface area contributed by atoms with Crippen molar-refractivity contribution in [3.05, 3.63) is 12.2 Å². The first-order valence-corrected chi connectivity index (χ1v) is 11.9. The van der Waals surface area contributed by atoms with E-state index in [1.165, 1.54) is 51.4 Å². The summed E-state index contributed by atoms with van der Waals surface area (Å²) < 4.78 is 0.222. The molecule has 0 bridgehead atoms. The number of carboxylic acids is 3. The molecule has 0 aliphatic rings. The normalized spacial score (nSPS) is 11.8. The van der Waals surface area contributed by atoms with Crippen LogP contribution in [0.4, 0.5) is 0 Å². The number of nitrogens with zero attached hydrogens (tertiary/aromatic N) is 1. The second-order valence-corrected chi connectivity index (χ2v) is 8.54. The molecule has 0 saturated heterocycles. The first-order chi connectivity index (χ1) is 14.8. The van der Waals surface area contributed by atoms with E-state index in [0.717, 1.165) is 19.3 Å². The van der Waals surface area contributed by atoms with Crippen LogP contribution in [0.2, 0.25) is 0 Å². The molecule has 0 aliphatic carbocycles. The van der Waals surface area contributed by atoms with E-state index in [2.05, 4.69) is 19.1 Å². The second kappa shape index (κ2) is 18.8. The Kier molecular flexibility index (Phi) is 17.7. The highest BCUT2D eigenvalue weighted by atomic mass is 16.4. The lowest BCUT2D eigenvalue weighted by Crippen LogP contribution is -2.53. The minimum atomic E-state index is -1.19. The van der Waals surface area contributed by atoms with Gasteiger partial charge in [-0.25, -0.2) is 0 Å². The van der Waals surface area contributed by atoms with Crippen LogP contribution in [0.1, 0.15) is 96.8 Å². The Balaban J connectivity index is 4.24. The summed E-state index contributed by atoms with van der Waals surface area (Å²) in [5.74, 6) is -3.09. The summed E-state index contributed by atoms with van der Waals surface area (Å²) in [4.78, 5) is 33.1. The topological polar surface area (TPSA) is 115 Å². The smallest absolute Gasteiger partial charge is 0.309 e. The third-order valence-corrected chi connectivity index (χ3v) is 5.88. The number of rotatable bonds is 22. The Labute approximate surface area is 187 Å². The summed E-state index contributed by atoms with van der Waals surface area (Å²) in [6.07, 6.45) is 16.8. The van der Waals surface area contributed by atoms with Gasteiger partial charge in [0.2, 0.25) is 0 Å². The van der Waals surface area contributed by atoms with Gasteiger partial charge in [0, 0.05) is 12.4 Å². The number of aliphatic carboxylic acids is 3. The summed E-state index contributed by atoms with van der Waals surface area (Å²) in [5.41, 5.74) is 0. The van der Waals surface area contributed by atoms with Gasteiger partial charge in [-0.05, 0) is 32.6 Å². The Hall–Kier alpha value is -1.89. The van der Waals surface area contributed by atoms with E-state index in [9.17, 15) is 19.5 Å². The minimum Gasteiger partial charge on any atom is -0.550 e. The van der Waals surface area contributed by atoms with Gasteiger partial charge in [-0.3, -0.25) is 9.59 Å². The summed E-state index contributed by atoms with van der Waals surface area (Å²) >= 11 is 0. The number of allylic oxidation sites excluding steroid dienone is 2. The lowest BCUT2D eigenvalue weighted by Gasteiger charge is -2.38. The van der Waals surface area contributed by atoms with E-state index in [4.69, 9.17) is 10.2 Å². The largest absolute Gasteiger partial charge is 0.550 e. The highest BCUT2D eigenvalue weighted by Crippen LogP contribution is 2.17. The third kappa shape index (κ3) is 18.6. The lowest BCUT2D eigenvalue weighted by molar-refractivity contribution is -0.927. The predicted molar refractivity (Wildman–Crippen MR) is 119 cm³/mol. The van der Waals surface area contributed by atoms with E-state index in [1.807, 2.05) is 0 Å². The van der Waals surface area contributed by atoms with Crippen molar-refractivity contribution < 1.29 is 34.2 Å². The maximum atomic E-state index is 11.1. The monoisotopic (exact) mass is 441 g/mol. The first-order valence-electron chi connectivity index (χ1n) is 11.9. The molecule has 0 saturated carbocycles. The van der Waals surface area contributed by atoms with E-state index >= 15 is 0 Å². The Morgan fingerprint density at radius 2 is 1.10 bits per heavy atom. The van der Waals surface area contributed by atoms with Crippen molar-refractivity contribution in [3.8, 4) is 0 Å². The standard InChI is InChI=1S/C24H43NO6/c1-2-3-4-5-6-7-8-9-10-11-12-13-14-18-25(19-15-22(26)27,20-16-23(28)29)21-17-24(30)31/h2-3H,4-21H2,1H3,(H2-,26,27,28,29,30,31)/b3-2+. The molecule has 180 valence electrons. The molecule has 31 heavy (non-hydrogen) atoms. The van der Waals surface area contributed by atoms with Gasteiger partial charge in [-0.1, -0.05) is 57.1 Å². The zero-order valence-electron chi connectivity index (χ0n) is 19.4. The van der Waals surface area contributed by atoms with Gasteiger partial charge in [0.05, 0.1) is 39.0 Å². The highest BCUT2D eigenvalue weighted by Gasteiger charge is 2.28. The van der Waals surface area contributed by atoms with Crippen LogP contribution in [0.3, 0.4) is 0 Å². The molecule has 0 aromatic rings. The Bertz CT molecular complexity index is 487. The van der Waals surface area contributed by atoms with Crippen LogP contribution in [0.25, 0.3) is 0 Å². The zero-order valence-corrected chi connectivity index (χ0v) is 19.4. The SMILES string of the molecule is C/C=C/CCCCCCCCCCCC[N+](CCC(=O)[O-])(CCC(=O)O)CCC(=O)O.